The Morgan fingerprint density at radius 2 is 2.27 bits per heavy atom. The van der Waals surface area contributed by atoms with E-state index in [0.29, 0.717) is 23.9 Å². The molecule has 0 unspecified atom stereocenters. The first-order valence-corrected chi connectivity index (χ1v) is 9.33. The molecule has 1 atom stereocenters. The van der Waals surface area contributed by atoms with E-state index in [9.17, 15) is 4.79 Å². The van der Waals surface area contributed by atoms with Gasteiger partial charge in [0.05, 0.1) is 18.4 Å². The van der Waals surface area contributed by atoms with Crippen molar-refractivity contribution in [1.29, 1.82) is 0 Å². The Kier molecular flexibility index (Phi) is 6.28. The average Bonchev–Trinajstić information content (AvgIpc) is 3.30. The minimum absolute atomic E-state index is 0.0580. The Bertz CT molecular complexity index is 682. The van der Waals surface area contributed by atoms with E-state index >= 15 is 0 Å². The van der Waals surface area contributed by atoms with Crippen molar-refractivity contribution in [3.63, 3.8) is 0 Å². The van der Waals surface area contributed by atoms with E-state index in [1.54, 1.807) is 18.5 Å². The van der Waals surface area contributed by atoms with Crippen molar-refractivity contribution >= 4 is 11.7 Å². The molecular weight excluding hydrogens is 328 g/mol. The summed E-state index contributed by atoms with van der Waals surface area (Å²) in [6.07, 6.45) is 4.41. The lowest BCUT2D eigenvalue weighted by molar-refractivity contribution is 0.0947. The molecule has 1 fully saturated rings. The second-order valence-corrected chi connectivity index (χ2v) is 7.38. The fraction of sp³-hybridized carbons (Fsp3) is 0.500. The van der Waals surface area contributed by atoms with Gasteiger partial charge in [0, 0.05) is 25.8 Å². The van der Waals surface area contributed by atoms with Gasteiger partial charge in [0.1, 0.15) is 11.6 Å². The SMILES string of the molecule is CC(C)CN1CC[C@H](CNC(=O)c2ccc(NCc3ccco3)nc2)C1. The summed E-state index contributed by atoms with van der Waals surface area (Å²) in [5.74, 6) is 2.74. The van der Waals surface area contributed by atoms with Crippen molar-refractivity contribution in [3.8, 4) is 0 Å². The molecule has 3 rings (SSSR count). The third-order valence-corrected chi connectivity index (χ3v) is 4.59. The second-order valence-electron chi connectivity index (χ2n) is 7.38. The molecule has 1 amide bonds. The van der Waals surface area contributed by atoms with Crippen LogP contribution in [0.3, 0.4) is 0 Å². The van der Waals surface area contributed by atoms with Crippen molar-refractivity contribution < 1.29 is 9.21 Å². The lowest BCUT2D eigenvalue weighted by atomic mass is 10.1. The third-order valence-electron chi connectivity index (χ3n) is 4.59. The van der Waals surface area contributed by atoms with Gasteiger partial charge in [-0.2, -0.15) is 0 Å². The second kappa shape index (κ2) is 8.85. The molecule has 2 aromatic heterocycles. The molecule has 0 saturated carbocycles. The van der Waals surface area contributed by atoms with Crippen LogP contribution in [0.4, 0.5) is 5.82 Å². The monoisotopic (exact) mass is 356 g/mol. The minimum atomic E-state index is -0.0580. The molecule has 0 aromatic carbocycles. The summed E-state index contributed by atoms with van der Waals surface area (Å²) in [5.41, 5.74) is 0.589. The normalized spacial score (nSPS) is 17.6. The number of aromatic nitrogens is 1. The molecule has 26 heavy (non-hydrogen) atoms. The van der Waals surface area contributed by atoms with Crippen LogP contribution in [0.25, 0.3) is 0 Å². The molecule has 6 heteroatoms. The van der Waals surface area contributed by atoms with E-state index in [-0.39, 0.29) is 5.91 Å². The average molecular weight is 356 g/mol. The molecule has 0 radical (unpaired) electrons. The maximum atomic E-state index is 12.3. The summed E-state index contributed by atoms with van der Waals surface area (Å²) in [5, 5.41) is 6.22. The maximum absolute atomic E-state index is 12.3. The van der Waals surface area contributed by atoms with Crippen LogP contribution in [0.1, 0.15) is 36.4 Å². The smallest absolute Gasteiger partial charge is 0.252 e. The zero-order valence-electron chi connectivity index (χ0n) is 15.6. The topological polar surface area (TPSA) is 70.4 Å². The van der Waals surface area contributed by atoms with Crippen LogP contribution in [0.5, 0.6) is 0 Å². The van der Waals surface area contributed by atoms with Gasteiger partial charge in [-0.25, -0.2) is 4.98 Å². The molecule has 2 aromatic rings. The molecule has 1 aliphatic heterocycles. The molecular formula is C20H28N4O2. The van der Waals surface area contributed by atoms with Crippen molar-refractivity contribution in [2.75, 3.05) is 31.5 Å². The first-order chi connectivity index (χ1) is 12.6. The van der Waals surface area contributed by atoms with Crippen LogP contribution in [-0.4, -0.2) is 42.0 Å². The van der Waals surface area contributed by atoms with E-state index in [0.717, 1.165) is 44.2 Å². The number of likely N-dealkylation sites (tertiary alicyclic amines) is 1. The van der Waals surface area contributed by atoms with E-state index in [4.69, 9.17) is 4.42 Å². The number of amides is 1. The number of nitrogens with one attached hydrogen (secondary N) is 2. The first kappa shape index (κ1) is 18.5. The zero-order valence-corrected chi connectivity index (χ0v) is 15.6. The standard InChI is InChI=1S/C20H28N4O2/c1-15(2)13-24-8-7-16(14-24)10-23-20(25)17-5-6-19(21-11-17)22-12-18-4-3-9-26-18/h3-6,9,11,15-16H,7-8,10,12-14H2,1-2H3,(H,21,22)(H,23,25)/t16-/m1/s1. The molecule has 0 aliphatic carbocycles. The highest BCUT2D eigenvalue weighted by atomic mass is 16.3. The summed E-state index contributed by atoms with van der Waals surface area (Å²) in [7, 11) is 0. The lowest BCUT2D eigenvalue weighted by Gasteiger charge is -2.18. The van der Waals surface area contributed by atoms with Crippen LogP contribution in [0.15, 0.2) is 41.1 Å². The van der Waals surface area contributed by atoms with Crippen LogP contribution in [-0.2, 0) is 6.54 Å². The predicted molar refractivity (Wildman–Crippen MR) is 102 cm³/mol. The van der Waals surface area contributed by atoms with Gasteiger partial charge in [-0.15, -0.1) is 0 Å². The molecule has 2 N–H and O–H groups in total. The summed E-state index contributed by atoms with van der Waals surface area (Å²) >= 11 is 0. The number of furan rings is 1. The number of pyridine rings is 1. The number of carbonyl (C=O) groups excluding carboxylic acids is 1. The van der Waals surface area contributed by atoms with E-state index in [2.05, 4.69) is 34.4 Å². The van der Waals surface area contributed by atoms with E-state index < -0.39 is 0 Å². The van der Waals surface area contributed by atoms with Gasteiger partial charge < -0.3 is 20.0 Å². The van der Waals surface area contributed by atoms with Crippen molar-refractivity contribution in [3.05, 3.63) is 48.0 Å². The summed E-state index contributed by atoms with van der Waals surface area (Å²) in [4.78, 5) is 19.1. The maximum Gasteiger partial charge on any atom is 0.252 e. The van der Waals surface area contributed by atoms with Gasteiger partial charge in [0.2, 0.25) is 0 Å². The number of carbonyl (C=O) groups is 1. The van der Waals surface area contributed by atoms with Crippen LogP contribution in [0, 0.1) is 11.8 Å². The van der Waals surface area contributed by atoms with E-state index in [1.807, 2.05) is 18.2 Å². The van der Waals surface area contributed by atoms with Gasteiger partial charge in [-0.05, 0) is 49.1 Å². The summed E-state index contributed by atoms with van der Waals surface area (Å²) in [6.45, 7) is 9.14. The van der Waals surface area contributed by atoms with Crippen molar-refractivity contribution in [2.24, 2.45) is 11.8 Å². The zero-order chi connectivity index (χ0) is 18.4. The molecule has 6 nitrogen and oxygen atoms in total. The Morgan fingerprint density at radius 3 is 2.96 bits per heavy atom. The molecule has 1 saturated heterocycles. The number of hydrogen-bond donors (Lipinski definition) is 2. The molecule has 3 heterocycles. The molecule has 1 aliphatic rings. The van der Waals surface area contributed by atoms with Crippen LogP contribution < -0.4 is 10.6 Å². The quantitative estimate of drug-likeness (QED) is 0.761. The Hall–Kier alpha value is -2.34. The third kappa shape index (κ3) is 5.33. The number of hydrogen-bond acceptors (Lipinski definition) is 5. The van der Waals surface area contributed by atoms with Crippen LogP contribution >= 0.6 is 0 Å². The highest BCUT2D eigenvalue weighted by molar-refractivity contribution is 5.94. The number of anilines is 1. The first-order valence-electron chi connectivity index (χ1n) is 9.33. The van der Waals surface area contributed by atoms with Gasteiger partial charge in [-0.1, -0.05) is 13.8 Å². The Morgan fingerprint density at radius 1 is 1.38 bits per heavy atom. The fourth-order valence-corrected chi connectivity index (χ4v) is 3.32. The highest BCUT2D eigenvalue weighted by Gasteiger charge is 2.23. The number of nitrogens with zero attached hydrogens (tertiary/aromatic N) is 2. The fourth-order valence-electron chi connectivity index (χ4n) is 3.32. The van der Waals surface area contributed by atoms with Gasteiger partial charge in [0.25, 0.3) is 5.91 Å². The summed E-state index contributed by atoms with van der Waals surface area (Å²) < 4.78 is 5.27. The Balaban J connectivity index is 1.42. The Labute approximate surface area is 155 Å². The number of rotatable bonds is 8. The molecule has 0 spiro atoms. The minimum Gasteiger partial charge on any atom is -0.467 e. The van der Waals surface area contributed by atoms with E-state index in [1.165, 1.54) is 0 Å². The molecule has 140 valence electrons. The van der Waals surface area contributed by atoms with Crippen molar-refractivity contribution in [1.82, 2.24) is 15.2 Å². The summed E-state index contributed by atoms with van der Waals surface area (Å²) in [6, 6.07) is 7.37. The van der Waals surface area contributed by atoms with Crippen LogP contribution in [0.2, 0.25) is 0 Å². The highest BCUT2D eigenvalue weighted by Crippen LogP contribution is 2.17. The van der Waals surface area contributed by atoms with Gasteiger partial charge in [-0.3, -0.25) is 4.79 Å². The van der Waals surface area contributed by atoms with Gasteiger partial charge in [0.15, 0.2) is 0 Å². The van der Waals surface area contributed by atoms with Gasteiger partial charge >= 0.3 is 0 Å². The van der Waals surface area contributed by atoms with Crippen molar-refractivity contribution in [2.45, 2.75) is 26.8 Å². The largest absolute Gasteiger partial charge is 0.467 e. The lowest BCUT2D eigenvalue weighted by Crippen LogP contribution is -2.31. The molecule has 0 bridgehead atoms. The predicted octanol–water partition coefficient (Wildman–Crippen LogP) is 2.99.